The SMILES string of the molecule is Cc1cc(C(=O)Nc2c(Cl)cc(Cl)cc2Cl)ccc1Br. The molecule has 2 nitrogen and oxygen atoms in total. The Morgan fingerprint density at radius 3 is 2.25 bits per heavy atom. The van der Waals surface area contributed by atoms with Crippen LogP contribution in [0, 0.1) is 6.92 Å². The highest BCUT2D eigenvalue weighted by Crippen LogP contribution is 2.34. The minimum absolute atomic E-state index is 0.285. The van der Waals surface area contributed by atoms with Crippen molar-refractivity contribution in [2.75, 3.05) is 5.32 Å². The first-order chi connectivity index (χ1) is 9.38. The average molecular weight is 393 g/mol. The Hall–Kier alpha value is -0.740. The van der Waals surface area contributed by atoms with Gasteiger partial charge in [-0.2, -0.15) is 0 Å². The van der Waals surface area contributed by atoms with Crippen molar-refractivity contribution in [1.82, 2.24) is 0 Å². The highest BCUT2D eigenvalue weighted by atomic mass is 79.9. The molecule has 0 radical (unpaired) electrons. The van der Waals surface area contributed by atoms with E-state index in [-0.39, 0.29) is 5.91 Å². The van der Waals surface area contributed by atoms with Gasteiger partial charge in [0.25, 0.3) is 5.91 Å². The highest BCUT2D eigenvalue weighted by molar-refractivity contribution is 9.10. The fourth-order valence-electron chi connectivity index (χ4n) is 1.63. The number of hydrogen-bond acceptors (Lipinski definition) is 1. The molecule has 1 N–H and O–H groups in total. The van der Waals surface area contributed by atoms with Crippen molar-refractivity contribution < 1.29 is 4.79 Å². The van der Waals surface area contributed by atoms with Gasteiger partial charge in [-0.05, 0) is 42.8 Å². The Morgan fingerprint density at radius 1 is 1.10 bits per heavy atom. The quantitative estimate of drug-likeness (QED) is 0.669. The zero-order valence-corrected chi connectivity index (χ0v) is 14.2. The van der Waals surface area contributed by atoms with E-state index in [1.807, 2.05) is 13.0 Å². The van der Waals surface area contributed by atoms with Crippen molar-refractivity contribution in [3.63, 3.8) is 0 Å². The Kier molecular flexibility index (Phi) is 4.97. The molecule has 0 atom stereocenters. The van der Waals surface area contributed by atoms with Crippen LogP contribution in [0.4, 0.5) is 5.69 Å². The van der Waals surface area contributed by atoms with E-state index in [1.165, 1.54) is 12.1 Å². The van der Waals surface area contributed by atoms with Crippen molar-refractivity contribution in [1.29, 1.82) is 0 Å². The highest BCUT2D eigenvalue weighted by Gasteiger charge is 2.13. The zero-order valence-electron chi connectivity index (χ0n) is 10.3. The summed E-state index contributed by atoms with van der Waals surface area (Å²) >= 11 is 21.3. The van der Waals surface area contributed by atoms with Gasteiger partial charge in [-0.1, -0.05) is 50.7 Å². The smallest absolute Gasteiger partial charge is 0.255 e. The molecule has 0 spiro atoms. The monoisotopic (exact) mass is 391 g/mol. The molecule has 0 fully saturated rings. The van der Waals surface area contributed by atoms with Crippen LogP contribution < -0.4 is 5.32 Å². The van der Waals surface area contributed by atoms with Crippen molar-refractivity contribution in [2.45, 2.75) is 6.92 Å². The second kappa shape index (κ2) is 6.35. The summed E-state index contributed by atoms with van der Waals surface area (Å²) < 4.78 is 0.941. The van der Waals surface area contributed by atoms with Crippen LogP contribution in [0.15, 0.2) is 34.8 Å². The molecule has 0 saturated heterocycles. The van der Waals surface area contributed by atoms with Gasteiger partial charge in [0, 0.05) is 15.1 Å². The first-order valence-electron chi connectivity index (χ1n) is 5.60. The van der Waals surface area contributed by atoms with Crippen LogP contribution in [-0.4, -0.2) is 5.91 Å². The summed E-state index contributed by atoms with van der Waals surface area (Å²) in [4.78, 5) is 12.2. The van der Waals surface area contributed by atoms with Crippen molar-refractivity contribution >= 4 is 62.3 Å². The molecule has 0 bridgehead atoms. The molecule has 0 unspecified atom stereocenters. The number of nitrogens with one attached hydrogen (secondary N) is 1. The standard InChI is InChI=1S/C14H9BrCl3NO/c1-7-4-8(2-3-10(7)15)14(20)19-13-11(17)5-9(16)6-12(13)18/h2-6H,1H3,(H,19,20). The summed E-state index contributed by atoms with van der Waals surface area (Å²) in [6.07, 6.45) is 0. The Labute approximate surface area is 140 Å². The molecule has 6 heteroatoms. The van der Waals surface area contributed by atoms with Gasteiger partial charge in [0.1, 0.15) is 0 Å². The lowest BCUT2D eigenvalue weighted by Crippen LogP contribution is -2.12. The maximum absolute atomic E-state index is 12.2. The van der Waals surface area contributed by atoms with Gasteiger partial charge in [-0.25, -0.2) is 0 Å². The molecular formula is C14H9BrCl3NO. The summed E-state index contributed by atoms with van der Waals surface area (Å²) in [7, 11) is 0. The Bertz CT molecular complexity index is 665. The van der Waals surface area contributed by atoms with Crippen molar-refractivity contribution in [3.8, 4) is 0 Å². The number of halogens is 4. The maximum Gasteiger partial charge on any atom is 0.255 e. The fourth-order valence-corrected chi connectivity index (χ4v) is 2.79. The number of carbonyl (C=O) groups is 1. The van der Waals surface area contributed by atoms with Crippen LogP contribution in [-0.2, 0) is 0 Å². The van der Waals surface area contributed by atoms with Crippen LogP contribution in [0.1, 0.15) is 15.9 Å². The third-order valence-corrected chi connectivity index (χ3v) is 4.37. The van der Waals surface area contributed by atoms with E-state index in [1.54, 1.807) is 12.1 Å². The topological polar surface area (TPSA) is 29.1 Å². The van der Waals surface area contributed by atoms with Crippen LogP contribution in [0.5, 0.6) is 0 Å². The number of hydrogen-bond donors (Lipinski definition) is 1. The lowest BCUT2D eigenvalue weighted by atomic mass is 10.1. The molecule has 0 heterocycles. The average Bonchev–Trinajstić information content (AvgIpc) is 2.36. The molecule has 20 heavy (non-hydrogen) atoms. The molecule has 0 aliphatic carbocycles. The number of anilines is 1. The van der Waals surface area contributed by atoms with Crippen LogP contribution in [0.3, 0.4) is 0 Å². The van der Waals surface area contributed by atoms with Crippen molar-refractivity contribution in [2.24, 2.45) is 0 Å². The second-order valence-corrected chi connectivity index (χ2v) is 6.27. The molecule has 0 saturated carbocycles. The minimum atomic E-state index is -0.285. The number of benzene rings is 2. The predicted molar refractivity (Wildman–Crippen MR) is 88.3 cm³/mol. The third kappa shape index (κ3) is 3.47. The van der Waals surface area contributed by atoms with Gasteiger partial charge in [0.2, 0.25) is 0 Å². The molecule has 2 aromatic rings. The van der Waals surface area contributed by atoms with E-state index in [4.69, 9.17) is 34.8 Å². The van der Waals surface area contributed by atoms with Gasteiger partial charge in [-0.3, -0.25) is 4.79 Å². The van der Waals surface area contributed by atoms with E-state index < -0.39 is 0 Å². The maximum atomic E-state index is 12.2. The number of aryl methyl sites for hydroxylation is 1. The molecule has 2 rings (SSSR count). The summed E-state index contributed by atoms with van der Waals surface area (Å²) in [5.41, 5.74) is 1.84. The summed E-state index contributed by atoms with van der Waals surface area (Å²) in [5, 5.41) is 3.70. The third-order valence-electron chi connectivity index (χ3n) is 2.67. The number of rotatable bonds is 2. The van der Waals surface area contributed by atoms with E-state index in [9.17, 15) is 4.79 Å². The Morgan fingerprint density at radius 2 is 1.70 bits per heavy atom. The van der Waals surface area contributed by atoms with E-state index in [0.29, 0.717) is 26.3 Å². The minimum Gasteiger partial charge on any atom is -0.319 e. The summed E-state index contributed by atoms with van der Waals surface area (Å²) in [6.45, 7) is 1.91. The van der Waals surface area contributed by atoms with E-state index in [0.717, 1.165) is 10.0 Å². The second-order valence-electron chi connectivity index (χ2n) is 4.16. The van der Waals surface area contributed by atoms with Gasteiger partial charge in [0.05, 0.1) is 15.7 Å². The van der Waals surface area contributed by atoms with Gasteiger partial charge < -0.3 is 5.32 Å². The van der Waals surface area contributed by atoms with Crippen molar-refractivity contribution in [3.05, 3.63) is 61.0 Å². The summed E-state index contributed by atoms with van der Waals surface area (Å²) in [5.74, 6) is -0.285. The summed E-state index contributed by atoms with van der Waals surface area (Å²) in [6, 6.07) is 8.35. The lowest BCUT2D eigenvalue weighted by molar-refractivity contribution is 0.102. The molecule has 0 aliphatic rings. The number of carbonyl (C=O) groups excluding carboxylic acids is 1. The van der Waals surface area contributed by atoms with E-state index in [2.05, 4.69) is 21.2 Å². The first kappa shape index (κ1) is 15.6. The predicted octanol–water partition coefficient (Wildman–Crippen LogP) is 5.97. The first-order valence-corrected chi connectivity index (χ1v) is 7.53. The van der Waals surface area contributed by atoms with Gasteiger partial charge in [-0.15, -0.1) is 0 Å². The fraction of sp³-hybridized carbons (Fsp3) is 0.0714. The lowest BCUT2D eigenvalue weighted by Gasteiger charge is -2.10. The largest absolute Gasteiger partial charge is 0.319 e. The Balaban J connectivity index is 2.30. The van der Waals surface area contributed by atoms with Gasteiger partial charge in [0.15, 0.2) is 0 Å². The molecule has 0 aromatic heterocycles. The molecular weight excluding hydrogens is 384 g/mol. The molecule has 0 aliphatic heterocycles. The normalized spacial score (nSPS) is 10.4. The van der Waals surface area contributed by atoms with Gasteiger partial charge >= 0.3 is 0 Å². The zero-order chi connectivity index (χ0) is 14.9. The molecule has 1 amide bonds. The van der Waals surface area contributed by atoms with Crippen LogP contribution in [0.2, 0.25) is 15.1 Å². The molecule has 104 valence electrons. The van der Waals surface area contributed by atoms with Crippen LogP contribution in [0.25, 0.3) is 0 Å². The number of amides is 1. The van der Waals surface area contributed by atoms with Crippen LogP contribution >= 0.6 is 50.7 Å². The van der Waals surface area contributed by atoms with E-state index >= 15 is 0 Å². The molecule has 2 aromatic carbocycles.